The van der Waals surface area contributed by atoms with Crippen LogP contribution in [0.5, 0.6) is 0 Å². The van der Waals surface area contributed by atoms with Crippen molar-refractivity contribution in [2.75, 3.05) is 30.9 Å². The number of halogens is 1. The third-order valence-electron chi connectivity index (χ3n) is 4.78. The minimum absolute atomic E-state index is 0.219. The summed E-state index contributed by atoms with van der Waals surface area (Å²) in [6.45, 7) is 0.546. The fraction of sp³-hybridized carbons (Fsp3) is 0.250. The summed E-state index contributed by atoms with van der Waals surface area (Å²) in [5, 5.41) is 2.72. The average Bonchev–Trinajstić information content (AvgIpc) is 3.18. The number of ether oxygens (including phenoxy) is 1. The van der Waals surface area contributed by atoms with Gasteiger partial charge in [-0.3, -0.25) is 4.79 Å². The van der Waals surface area contributed by atoms with Crippen molar-refractivity contribution >= 4 is 22.9 Å². The minimum Gasteiger partial charge on any atom is -0.496 e. The molecule has 1 N–H and O–H groups in total. The van der Waals surface area contributed by atoms with Gasteiger partial charge in [0.05, 0.1) is 17.9 Å². The molecule has 4 rings (SSSR count). The van der Waals surface area contributed by atoms with Gasteiger partial charge in [0.2, 0.25) is 0 Å². The van der Waals surface area contributed by atoms with Gasteiger partial charge in [-0.15, -0.1) is 0 Å². The molecule has 1 amide bonds. The molecule has 2 aliphatic rings. The lowest BCUT2D eigenvalue weighted by Crippen LogP contribution is -2.08. The Hall–Kier alpha value is -2.82. The summed E-state index contributed by atoms with van der Waals surface area (Å²) >= 11 is 0. The van der Waals surface area contributed by atoms with Crippen LogP contribution in [-0.2, 0) is 9.53 Å². The molecule has 128 valence electrons. The van der Waals surface area contributed by atoms with Gasteiger partial charge in [-0.25, -0.2) is 4.39 Å². The van der Waals surface area contributed by atoms with Crippen molar-refractivity contribution in [3.63, 3.8) is 0 Å². The smallest absolute Gasteiger partial charge is 0.259 e. The van der Waals surface area contributed by atoms with E-state index < -0.39 is 0 Å². The molecule has 0 aromatic heterocycles. The quantitative estimate of drug-likeness (QED) is 0.848. The molecule has 0 spiro atoms. The van der Waals surface area contributed by atoms with Crippen LogP contribution in [0.2, 0.25) is 0 Å². The van der Waals surface area contributed by atoms with Crippen LogP contribution in [0.4, 0.5) is 15.8 Å². The first kappa shape index (κ1) is 15.7. The second-order valence-electron chi connectivity index (χ2n) is 6.64. The van der Waals surface area contributed by atoms with Crippen molar-refractivity contribution in [2.45, 2.75) is 12.3 Å². The lowest BCUT2D eigenvalue weighted by atomic mass is 9.95. The Morgan fingerprint density at radius 3 is 2.64 bits per heavy atom. The van der Waals surface area contributed by atoms with Gasteiger partial charge in [0.1, 0.15) is 11.6 Å². The van der Waals surface area contributed by atoms with E-state index in [4.69, 9.17) is 4.74 Å². The highest BCUT2D eigenvalue weighted by molar-refractivity contribution is 6.32. The maximum atomic E-state index is 13.4. The van der Waals surface area contributed by atoms with Crippen LogP contribution in [0, 0.1) is 5.82 Å². The number of rotatable bonds is 2. The predicted molar refractivity (Wildman–Crippen MR) is 96.0 cm³/mol. The molecule has 5 heteroatoms. The maximum absolute atomic E-state index is 13.4. The maximum Gasteiger partial charge on any atom is 0.259 e. The first-order valence-corrected chi connectivity index (χ1v) is 8.27. The number of nitrogens with zero attached hydrogens (tertiary/aromatic N) is 1. The van der Waals surface area contributed by atoms with Crippen LogP contribution >= 0.6 is 0 Å². The van der Waals surface area contributed by atoms with E-state index in [-0.39, 0.29) is 17.6 Å². The van der Waals surface area contributed by atoms with Gasteiger partial charge >= 0.3 is 0 Å². The fourth-order valence-electron chi connectivity index (χ4n) is 3.40. The molecule has 4 nitrogen and oxygen atoms in total. The van der Waals surface area contributed by atoms with Crippen LogP contribution in [0.15, 0.2) is 48.2 Å². The summed E-state index contributed by atoms with van der Waals surface area (Å²) in [7, 11) is 4.02. The highest BCUT2D eigenvalue weighted by Crippen LogP contribution is 2.41. The van der Waals surface area contributed by atoms with E-state index in [0.29, 0.717) is 35.6 Å². The van der Waals surface area contributed by atoms with Gasteiger partial charge in [-0.2, -0.15) is 0 Å². The first-order chi connectivity index (χ1) is 12.0. The molecule has 1 fully saturated rings. The average molecular weight is 338 g/mol. The molecule has 2 aliphatic heterocycles. The van der Waals surface area contributed by atoms with E-state index in [1.165, 1.54) is 17.7 Å². The zero-order valence-corrected chi connectivity index (χ0v) is 14.2. The molecule has 25 heavy (non-hydrogen) atoms. The zero-order chi connectivity index (χ0) is 17.6. The van der Waals surface area contributed by atoms with Crippen molar-refractivity contribution in [1.29, 1.82) is 0 Å². The number of hydrogen-bond acceptors (Lipinski definition) is 3. The van der Waals surface area contributed by atoms with Gasteiger partial charge < -0.3 is 15.0 Å². The Labute approximate surface area is 145 Å². The first-order valence-electron chi connectivity index (χ1n) is 8.27. The Morgan fingerprint density at radius 2 is 1.92 bits per heavy atom. The topological polar surface area (TPSA) is 41.6 Å². The zero-order valence-electron chi connectivity index (χ0n) is 14.2. The minimum atomic E-state index is -0.364. The van der Waals surface area contributed by atoms with Crippen LogP contribution in [0.1, 0.15) is 23.5 Å². The number of amides is 1. The second kappa shape index (κ2) is 5.92. The van der Waals surface area contributed by atoms with Crippen molar-refractivity contribution in [3.8, 4) is 0 Å². The Balaban J connectivity index is 1.62. The van der Waals surface area contributed by atoms with Crippen LogP contribution in [-0.4, -0.2) is 26.6 Å². The van der Waals surface area contributed by atoms with Crippen molar-refractivity contribution < 1.29 is 13.9 Å². The van der Waals surface area contributed by atoms with Gasteiger partial charge in [0.15, 0.2) is 0 Å². The van der Waals surface area contributed by atoms with E-state index >= 15 is 0 Å². The number of fused-ring (bicyclic) bond motifs is 1. The Kier molecular flexibility index (Phi) is 3.71. The summed E-state index contributed by atoms with van der Waals surface area (Å²) in [6.07, 6.45) is 0.668. The standard InChI is InChI=1S/C20H19FN2O2/c1-23(2)15-6-3-12(4-7-15)13-9-18(25-11-13)19-16-8-5-14(21)10-17(16)22-20(19)24/h3-8,10,13H,9,11H2,1-2H3,(H,22,24)/b19-18+. The largest absolute Gasteiger partial charge is 0.496 e. The summed E-state index contributed by atoms with van der Waals surface area (Å²) in [4.78, 5) is 14.4. The highest BCUT2D eigenvalue weighted by atomic mass is 19.1. The molecule has 2 aromatic carbocycles. The highest BCUT2D eigenvalue weighted by Gasteiger charge is 2.33. The van der Waals surface area contributed by atoms with E-state index in [9.17, 15) is 9.18 Å². The third-order valence-corrected chi connectivity index (χ3v) is 4.78. The van der Waals surface area contributed by atoms with Crippen molar-refractivity contribution in [1.82, 2.24) is 0 Å². The normalized spacial score (nSPS) is 21.7. The lowest BCUT2D eigenvalue weighted by Gasteiger charge is -2.14. The molecule has 0 radical (unpaired) electrons. The summed E-state index contributed by atoms with van der Waals surface area (Å²) in [5.74, 6) is 0.316. The Morgan fingerprint density at radius 1 is 1.16 bits per heavy atom. The molecule has 1 unspecified atom stereocenters. The molecular weight excluding hydrogens is 319 g/mol. The SMILES string of the molecule is CN(C)c1ccc(C2CO/C(=C3/C(=O)Nc4cc(F)ccc43)C2)cc1. The molecule has 2 heterocycles. The van der Waals surface area contributed by atoms with E-state index in [1.54, 1.807) is 6.07 Å². The van der Waals surface area contributed by atoms with Gasteiger partial charge in [-0.1, -0.05) is 12.1 Å². The van der Waals surface area contributed by atoms with Crippen LogP contribution in [0.25, 0.3) is 5.57 Å². The molecule has 1 atom stereocenters. The number of benzene rings is 2. The van der Waals surface area contributed by atoms with Crippen molar-refractivity contribution in [2.24, 2.45) is 0 Å². The van der Waals surface area contributed by atoms with E-state index in [1.807, 2.05) is 14.1 Å². The van der Waals surface area contributed by atoms with Crippen LogP contribution < -0.4 is 10.2 Å². The number of allylic oxidation sites excluding steroid dienone is 1. The summed E-state index contributed by atoms with van der Waals surface area (Å²) in [5.41, 5.74) is 4.09. The monoisotopic (exact) mass is 338 g/mol. The molecule has 1 saturated heterocycles. The van der Waals surface area contributed by atoms with Crippen LogP contribution in [0.3, 0.4) is 0 Å². The number of nitrogens with one attached hydrogen (secondary N) is 1. The molecule has 0 aliphatic carbocycles. The van der Waals surface area contributed by atoms with E-state index in [0.717, 1.165) is 5.69 Å². The number of carbonyl (C=O) groups is 1. The molecule has 2 aromatic rings. The van der Waals surface area contributed by atoms with E-state index in [2.05, 4.69) is 34.5 Å². The lowest BCUT2D eigenvalue weighted by molar-refractivity contribution is -0.110. The fourth-order valence-corrected chi connectivity index (χ4v) is 3.40. The molecular formula is C20H19FN2O2. The second-order valence-corrected chi connectivity index (χ2v) is 6.64. The summed E-state index contributed by atoms with van der Waals surface area (Å²) < 4.78 is 19.2. The number of anilines is 2. The number of carbonyl (C=O) groups excluding carboxylic acids is 1. The Bertz CT molecular complexity index is 872. The summed E-state index contributed by atoms with van der Waals surface area (Å²) in [6, 6.07) is 12.7. The van der Waals surface area contributed by atoms with Crippen molar-refractivity contribution in [3.05, 3.63) is 65.2 Å². The predicted octanol–water partition coefficient (Wildman–Crippen LogP) is 3.76. The van der Waals surface area contributed by atoms with Gasteiger partial charge in [0.25, 0.3) is 5.91 Å². The van der Waals surface area contributed by atoms with Gasteiger partial charge in [-0.05, 0) is 35.9 Å². The number of hydrogen-bond donors (Lipinski definition) is 1. The molecule has 0 saturated carbocycles. The third kappa shape index (κ3) is 2.76. The molecule has 0 bridgehead atoms. The van der Waals surface area contributed by atoms with Gasteiger partial charge in [0, 0.05) is 37.7 Å².